The SMILES string of the molecule is O=C(N/N=C/c1ccc(OCc2ccc(F)cc2)cc1)c1cccc([N+](=O)[O-])c1. The van der Waals surface area contributed by atoms with E-state index in [0.29, 0.717) is 12.4 Å². The van der Waals surface area contributed by atoms with Crippen molar-refractivity contribution >= 4 is 17.8 Å². The number of nitro benzene ring substituents is 1. The number of hydrogen-bond acceptors (Lipinski definition) is 5. The summed E-state index contributed by atoms with van der Waals surface area (Å²) in [4.78, 5) is 22.2. The number of hydrogen-bond donors (Lipinski definition) is 1. The predicted octanol–water partition coefficient (Wildman–Crippen LogP) is 4.08. The summed E-state index contributed by atoms with van der Waals surface area (Å²) in [6, 6.07) is 18.4. The van der Waals surface area contributed by atoms with E-state index in [-0.39, 0.29) is 17.1 Å². The largest absolute Gasteiger partial charge is 0.489 e. The normalized spacial score (nSPS) is 10.7. The number of carbonyl (C=O) groups is 1. The molecule has 0 bridgehead atoms. The van der Waals surface area contributed by atoms with Gasteiger partial charge in [-0.3, -0.25) is 14.9 Å². The van der Waals surface area contributed by atoms with Crippen LogP contribution in [0.15, 0.2) is 77.9 Å². The van der Waals surface area contributed by atoms with Gasteiger partial charge in [-0.15, -0.1) is 0 Å². The monoisotopic (exact) mass is 393 g/mol. The number of benzene rings is 3. The fraction of sp³-hybridized carbons (Fsp3) is 0.0476. The fourth-order valence-electron chi connectivity index (χ4n) is 2.39. The first-order valence-corrected chi connectivity index (χ1v) is 8.56. The molecule has 0 atom stereocenters. The molecule has 0 saturated carbocycles. The molecule has 0 aromatic heterocycles. The van der Waals surface area contributed by atoms with E-state index in [1.807, 2.05) is 0 Å². The average molecular weight is 393 g/mol. The van der Waals surface area contributed by atoms with Gasteiger partial charge in [0.2, 0.25) is 0 Å². The van der Waals surface area contributed by atoms with Gasteiger partial charge in [-0.25, -0.2) is 9.82 Å². The van der Waals surface area contributed by atoms with Crippen molar-refractivity contribution in [3.63, 3.8) is 0 Å². The van der Waals surface area contributed by atoms with Gasteiger partial charge in [-0.1, -0.05) is 18.2 Å². The number of nitrogens with one attached hydrogen (secondary N) is 1. The first-order chi connectivity index (χ1) is 14.0. The zero-order chi connectivity index (χ0) is 20.6. The van der Waals surface area contributed by atoms with Crippen LogP contribution in [0.3, 0.4) is 0 Å². The lowest BCUT2D eigenvalue weighted by Gasteiger charge is -2.06. The molecule has 0 fully saturated rings. The van der Waals surface area contributed by atoms with E-state index in [4.69, 9.17) is 4.74 Å². The number of hydrazone groups is 1. The standard InChI is InChI=1S/C21H16FN3O4/c22-18-8-4-16(5-9-18)14-29-20-10-6-15(7-11-20)13-23-24-21(26)17-2-1-3-19(12-17)25(27)28/h1-13H,14H2,(H,24,26)/b23-13+. The van der Waals surface area contributed by atoms with Gasteiger partial charge in [0.25, 0.3) is 11.6 Å². The summed E-state index contributed by atoms with van der Waals surface area (Å²) >= 11 is 0. The van der Waals surface area contributed by atoms with Crippen LogP contribution in [0.4, 0.5) is 10.1 Å². The molecular weight excluding hydrogens is 377 g/mol. The summed E-state index contributed by atoms with van der Waals surface area (Å²) in [6.45, 7) is 0.312. The molecular formula is C21H16FN3O4. The van der Waals surface area contributed by atoms with Gasteiger partial charge in [-0.2, -0.15) is 5.10 Å². The van der Waals surface area contributed by atoms with Crippen molar-refractivity contribution in [2.45, 2.75) is 6.61 Å². The molecule has 0 heterocycles. The Hall–Kier alpha value is -4.07. The van der Waals surface area contributed by atoms with Crippen LogP contribution in [0.1, 0.15) is 21.5 Å². The lowest BCUT2D eigenvalue weighted by molar-refractivity contribution is -0.384. The molecule has 8 heteroatoms. The Morgan fingerprint density at radius 3 is 2.52 bits per heavy atom. The summed E-state index contributed by atoms with van der Waals surface area (Å²) in [7, 11) is 0. The molecule has 3 rings (SSSR count). The van der Waals surface area contributed by atoms with Crippen LogP contribution >= 0.6 is 0 Å². The summed E-state index contributed by atoms with van der Waals surface area (Å²) in [5.41, 5.74) is 3.87. The molecule has 1 amide bonds. The maximum absolute atomic E-state index is 12.9. The minimum Gasteiger partial charge on any atom is -0.489 e. The third kappa shape index (κ3) is 5.70. The van der Waals surface area contributed by atoms with Crippen molar-refractivity contribution in [2.75, 3.05) is 0 Å². The Kier molecular flexibility index (Phi) is 6.26. The number of non-ortho nitro benzene ring substituents is 1. The van der Waals surface area contributed by atoms with Crippen LogP contribution in [-0.4, -0.2) is 17.0 Å². The second-order valence-corrected chi connectivity index (χ2v) is 5.99. The predicted molar refractivity (Wildman–Crippen MR) is 105 cm³/mol. The van der Waals surface area contributed by atoms with Crippen molar-refractivity contribution in [1.82, 2.24) is 5.43 Å². The molecule has 3 aromatic carbocycles. The molecule has 0 aliphatic carbocycles. The number of halogens is 1. The summed E-state index contributed by atoms with van der Waals surface area (Å²) < 4.78 is 18.5. The van der Waals surface area contributed by atoms with Gasteiger partial charge in [0, 0.05) is 17.7 Å². The van der Waals surface area contributed by atoms with E-state index < -0.39 is 10.8 Å². The molecule has 1 N–H and O–H groups in total. The topological polar surface area (TPSA) is 93.8 Å². The maximum atomic E-state index is 12.9. The van der Waals surface area contributed by atoms with Gasteiger partial charge in [0.1, 0.15) is 18.2 Å². The molecule has 0 aliphatic heterocycles. The number of ether oxygens (including phenoxy) is 1. The highest BCUT2D eigenvalue weighted by molar-refractivity contribution is 5.95. The quantitative estimate of drug-likeness (QED) is 0.372. The Morgan fingerprint density at radius 2 is 1.83 bits per heavy atom. The van der Waals surface area contributed by atoms with Crippen molar-refractivity contribution < 1.29 is 18.8 Å². The zero-order valence-electron chi connectivity index (χ0n) is 15.1. The highest BCUT2D eigenvalue weighted by Crippen LogP contribution is 2.14. The molecule has 0 spiro atoms. The van der Waals surface area contributed by atoms with E-state index in [2.05, 4.69) is 10.5 Å². The minimum absolute atomic E-state index is 0.140. The molecule has 0 aliphatic rings. The van der Waals surface area contributed by atoms with Crippen LogP contribution in [0.25, 0.3) is 0 Å². The number of amides is 1. The van der Waals surface area contributed by atoms with Gasteiger partial charge in [0.15, 0.2) is 0 Å². The molecule has 0 unspecified atom stereocenters. The lowest BCUT2D eigenvalue weighted by atomic mass is 10.2. The zero-order valence-corrected chi connectivity index (χ0v) is 15.1. The fourth-order valence-corrected chi connectivity index (χ4v) is 2.39. The molecule has 7 nitrogen and oxygen atoms in total. The summed E-state index contributed by atoms with van der Waals surface area (Å²) in [5.74, 6) is -0.216. The van der Waals surface area contributed by atoms with E-state index in [9.17, 15) is 19.3 Å². The highest BCUT2D eigenvalue weighted by atomic mass is 19.1. The molecule has 0 radical (unpaired) electrons. The van der Waals surface area contributed by atoms with Gasteiger partial charge in [-0.05, 0) is 53.6 Å². The highest BCUT2D eigenvalue weighted by Gasteiger charge is 2.10. The first kappa shape index (κ1) is 19.7. The van der Waals surface area contributed by atoms with Crippen molar-refractivity contribution in [2.24, 2.45) is 5.10 Å². The Morgan fingerprint density at radius 1 is 1.10 bits per heavy atom. The van der Waals surface area contributed by atoms with E-state index in [1.165, 1.54) is 42.6 Å². The Labute approximate surface area is 165 Å². The van der Waals surface area contributed by atoms with Crippen molar-refractivity contribution in [3.05, 3.63) is 105 Å². The molecule has 3 aromatic rings. The van der Waals surface area contributed by atoms with Crippen molar-refractivity contribution in [1.29, 1.82) is 0 Å². The van der Waals surface area contributed by atoms with Gasteiger partial charge < -0.3 is 4.74 Å². The van der Waals surface area contributed by atoms with E-state index in [1.54, 1.807) is 36.4 Å². The van der Waals surface area contributed by atoms with E-state index in [0.717, 1.165) is 11.1 Å². The smallest absolute Gasteiger partial charge is 0.271 e. The van der Waals surface area contributed by atoms with E-state index >= 15 is 0 Å². The average Bonchev–Trinajstić information content (AvgIpc) is 2.74. The molecule has 146 valence electrons. The second-order valence-electron chi connectivity index (χ2n) is 5.99. The van der Waals surface area contributed by atoms with Crippen LogP contribution < -0.4 is 10.2 Å². The molecule has 0 saturated heterocycles. The Bertz CT molecular complexity index is 1030. The number of nitrogens with zero attached hydrogens (tertiary/aromatic N) is 2. The van der Waals surface area contributed by atoms with Crippen LogP contribution in [0.2, 0.25) is 0 Å². The van der Waals surface area contributed by atoms with Gasteiger partial charge >= 0.3 is 0 Å². The van der Waals surface area contributed by atoms with Crippen molar-refractivity contribution in [3.8, 4) is 5.75 Å². The summed E-state index contributed by atoms with van der Waals surface area (Å²) in [5, 5.41) is 14.6. The lowest BCUT2D eigenvalue weighted by Crippen LogP contribution is -2.17. The third-order valence-electron chi connectivity index (χ3n) is 3.90. The van der Waals surface area contributed by atoms with Crippen LogP contribution in [0.5, 0.6) is 5.75 Å². The number of nitro groups is 1. The second kappa shape index (κ2) is 9.23. The van der Waals surface area contributed by atoms with Gasteiger partial charge in [0.05, 0.1) is 11.1 Å². The first-order valence-electron chi connectivity index (χ1n) is 8.56. The number of rotatable bonds is 7. The number of carbonyl (C=O) groups excluding carboxylic acids is 1. The Balaban J connectivity index is 1.53. The molecule has 29 heavy (non-hydrogen) atoms. The van der Waals surface area contributed by atoms with Crippen LogP contribution in [0, 0.1) is 15.9 Å². The third-order valence-corrected chi connectivity index (χ3v) is 3.90. The summed E-state index contributed by atoms with van der Waals surface area (Å²) in [6.07, 6.45) is 1.44. The minimum atomic E-state index is -0.570. The maximum Gasteiger partial charge on any atom is 0.271 e. The van der Waals surface area contributed by atoms with Crippen LogP contribution in [-0.2, 0) is 6.61 Å².